The zero-order chi connectivity index (χ0) is 12.5. The summed E-state index contributed by atoms with van der Waals surface area (Å²) in [6.45, 7) is 4.31. The zero-order valence-electron chi connectivity index (χ0n) is 11.0. The van der Waals surface area contributed by atoms with Gasteiger partial charge in [-0.1, -0.05) is 0 Å². The van der Waals surface area contributed by atoms with Crippen molar-refractivity contribution in [2.75, 3.05) is 6.54 Å². The molecule has 1 atom stereocenters. The molecule has 3 nitrogen and oxygen atoms in total. The van der Waals surface area contributed by atoms with E-state index in [1.54, 1.807) is 11.3 Å². The van der Waals surface area contributed by atoms with E-state index in [1.165, 1.54) is 30.8 Å². The number of likely N-dealkylation sites (tertiary alicyclic amines) is 1. The number of imidazole rings is 1. The van der Waals surface area contributed by atoms with Crippen LogP contribution in [0.5, 0.6) is 0 Å². The fourth-order valence-electron chi connectivity index (χ4n) is 2.87. The normalized spacial score (nSPS) is 20.7. The third kappa shape index (κ3) is 2.22. The lowest BCUT2D eigenvalue weighted by Gasteiger charge is -2.23. The van der Waals surface area contributed by atoms with Crippen molar-refractivity contribution in [2.45, 2.75) is 32.4 Å². The molecule has 0 amide bonds. The Morgan fingerprint density at radius 3 is 3.06 bits per heavy atom. The average Bonchev–Trinajstić information content (AvgIpc) is 3.02. The minimum Gasteiger partial charge on any atom is -0.336 e. The second kappa shape index (κ2) is 4.86. The van der Waals surface area contributed by atoms with Gasteiger partial charge < -0.3 is 4.57 Å². The molecular formula is C14H19N3S. The molecule has 3 rings (SSSR count). The van der Waals surface area contributed by atoms with Crippen LogP contribution in [0.15, 0.2) is 23.0 Å². The molecule has 0 aromatic carbocycles. The highest BCUT2D eigenvalue weighted by Gasteiger charge is 2.29. The van der Waals surface area contributed by atoms with Crippen LogP contribution < -0.4 is 0 Å². The molecule has 0 unspecified atom stereocenters. The number of hydrogen-bond acceptors (Lipinski definition) is 3. The SMILES string of the molecule is Cc1cn(C)c([C@@H]2CCCN2Cc2ccsc2)n1. The molecule has 2 aromatic heterocycles. The summed E-state index contributed by atoms with van der Waals surface area (Å²) in [7, 11) is 2.11. The number of aryl methyl sites for hydroxylation is 2. The van der Waals surface area contributed by atoms with Crippen LogP contribution in [0.4, 0.5) is 0 Å². The van der Waals surface area contributed by atoms with Crippen LogP contribution in [-0.2, 0) is 13.6 Å². The molecule has 1 aliphatic rings. The highest BCUT2D eigenvalue weighted by atomic mass is 32.1. The summed E-state index contributed by atoms with van der Waals surface area (Å²) in [5, 5.41) is 4.41. The van der Waals surface area contributed by atoms with E-state index in [0.29, 0.717) is 6.04 Å². The van der Waals surface area contributed by atoms with Crippen molar-refractivity contribution in [3.05, 3.63) is 40.1 Å². The van der Waals surface area contributed by atoms with Crippen molar-refractivity contribution >= 4 is 11.3 Å². The van der Waals surface area contributed by atoms with E-state index >= 15 is 0 Å². The predicted molar refractivity (Wildman–Crippen MR) is 74.6 cm³/mol. The summed E-state index contributed by atoms with van der Waals surface area (Å²) in [5.74, 6) is 1.22. The first-order chi connectivity index (χ1) is 8.74. The summed E-state index contributed by atoms with van der Waals surface area (Å²) < 4.78 is 2.19. The molecule has 1 aliphatic heterocycles. The molecule has 0 radical (unpaired) electrons. The lowest BCUT2D eigenvalue weighted by molar-refractivity contribution is 0.237. The zero-order valence-corrected chi connectivity index (χ0v) is 11.8. The van der Waals surface area contributed by atoms with E-state index < -0.39 is 0 Å². The molecule has 4 heteroatoms. The molecule has 1 saturated heterocycles. The van der Waals surface area contributed by atoms with Crippen LogP contribution in [0.1, 0.15) is 36.0 Å². The quantitative estimate of drug-likeness (QED) is 0.846. The van der Waals surface area contributed by atoms with Gasteiger partial charge in [-0.15, -0.1) is 0 Å². The highest BCUT2D eigenvalue weighted by Crippen LogP contribution is 2.32. The molecule has 0 saturated carbocycles. The molecule has 0 N–H and O–H groups in total. The van der Waals surface area contributed by atoms with E-state index in [4.69, 9.17) is 4.98 Å². The van der Waals surface area contributed by atoms with Crippen molar-refractivity contribution in [3.63, 3.8) is 0 Å². The summed E-state index contributed by atoms with van der Waals surface area (Å²) in [5.41, 5.74) is 2.55. The molecule has 96 valence electrons. The Bertz CT molecular complexity index is 515. The van der Waals surface area contributed by atoms with Gasteiger partial charge in [0.15, 0.2) is 0 Å². The van der Waals surface area contributed by atoms with Gasteiger partial charge in [0.25, 0.3) is 0 Å². The molecule has 3 heterocycles. The maximum atomic E-state index is 4.70. The van der Waals surface area contributed by atoms with Gasteiger partial charge in [-0.05, 0) is 48.7 Å². The third-order valence-electron chi connectivity index (χ3n) is 3.66. The summed E-state index contributed by atoms with van der Waals surface area (Å²) in [6.07, 6.45) is 4.63. The standard InChI is InChI=1S/C14H19N3S/c1-11-8-16(2)14(15-11)13-4-3-6-17(13)9-12-5-7-18-10-12/h5,7-8,10,13H,3-4,6,9H2,1-2H3/t13-/m0/s1. The van der Waals surface area contributed by atoms with Crippen molar-refractivity contribution in [2.24, 2.45) is 7.05 Å². The Morgan fingerprint density at radius 2 is 2.39 bits per heavy atom. The predicted octanol–water partition coefficient (Wildman–Crippen LogP) is 3.13. The molecular weight excluding hydrogens is 242 g/mol. The third-order valence-corrected chi connectivity index (χ3v) is 4.39. The Labute approximate surface area is 112 Å². The summed E-state index contributed by atoms with van der Waals surface area (Å²) in [4.78, 5) is 7.25. The molecule has 0 spiro atoms. The minimum absolute atomic E-state index is 0.489. The van der Waals surface area contributed by atoms with E-state index in [9.17, 15) is 0 Å². The van der Waals surface area contributed by atoms with Crippen molar-refractivity contribution < 1.29 is 0 Å². The van der Waals surface area contributed by atoms with E-state index in [2.05, 4.69) is 46.5 Å². The number of rotatable bonds is 3. The Kier molecular flexibility index (Phi) is 3.22. The first-order valence-electron chi connectivity index (χ1n) is 6.49. The number of hydrogen-bond donors (Lipinski definition) is 0. The van der Waals surface area contributed by atoms with Crippen LogP contribution in [0.2, 0.25) is 0 Å². The lowest BCUT2D eigenvalue weighted by Crippen LogP contribution is -2.24. The minimum atomic E-state index is 0.489. The van der Waals surface area contributed by atoms with E-state index in [1.807, 2.05) is 0 Å². The van der Waals surface area contributed by atoms with Crippen LogP contribution >= 0.6 is 11.3 Å². The Morgan fingerprint density at radius 1 is 1.50 bits per heavy atom. The van der Waals surface area contributed by atoms with Crippen molar-refractivity contribution in [1.29, 1.82) is 0 Å². The van der Waals surface area contributed by atoms with Crippen LogP contribution in [-0.4, -0.2) is 21.0 Å². The summed E-state index contributed by atoms with van der Waals surface area (Å²) >= 11 is 1.78. The molecule has 0 bridgehead atoms. The number of aromatic nitrogens is 2. The number of thiophene rings is 1. The molecule has 2 aromatic rings. The molecule has 0 aliphatic carbocycles. The second-order valence-corrected chi connectivity index (χ2v) is 5.89. The first kappa shape index (κ1) is 11.9. The number of nitrogens with zero attached hydrogens (tertiary/aromatic N) is 3. The van der Waals surface area contributed by atoms with Crippen molar-refractivity contribution in [3.8, 4) is 0 Å². The molecule has 18 heavy (non-hydrogen) atoms. The maximum Gasteiger partial charge on any atom is 0.126 e. The summed E-state index contributed by atoms with van der Waals surface area (Å²) in [6, 6.07) is 2.72. The van der Waals surface area contributed by atoms with Gasteiger partial charge in [0, 0.05) is 19.8 Å². The van der Waals surface area contributed by atoms with Crippen molar-refractivity contribution in [1.82, 2.24) is 14.5 Å². The fourth-order valence-corrected chi connectivity index (χ4v) is 3.53. The van der Waals surface area contributed by atoms with Crippen LogP contribution in [0.3, 0.4) is 0 Å². The lowest BCUT2D eigenvalue weighted by atomic mass is 10.2. The first-order valence-corrected chi connectivity index (χ1v) is 7.43. The molecule has 1 fully saturated rings. The topological polar surface area (TPSA) is 21.1 Å². The van der Waals surface area contributed by atoms with Gasteiger partial charge in [0.05, 0.1) is 11.7 Å². The van der Waals surface area contributed by atoms with Gasteiger partial charge >= 0.3 is 0 Å². The van der Waals surface area contributed by atoms with Crippen LogP contribution in [0.25, 0.3) is 0 Å². The van der Waals surface area contributed by atoms with Gasteiger partial charge in [0.2, 0.25) is 0 Å². The Balaban J connectivity index is 1.81. The largest absolute Gasteiger partial charge is 0.336 e. The average molecular weight is 261 g/mol. The van der Waals surface area contributed by atoms with Gasteiger partial charge in [-0.25, -0.2) is 4.98 Å². The van der Waals surface area contributed by atoms with Crippen LogP contribution in [0, 0.1) is 6.92 Å². The van der Waals surface area contributed by atoms with Gasteiger partial charge in [0.1, 0.15) is 5.82 Å². The van der Waals surface area contributed by atoms with E-state index in [-0.39, 0.29) is 0 Å². The van der Waals surface area contributed by atoms with E-state index in [0.717, 1.165) is 12.2 Å². The van der Waals surface area contributed by atoms with Gasteiger partial charge in [-0.2, -0.15) is 11.3 Å². The Hall–Kier alpha value is -1.13. The monoisotopic (exact) mass is 261 g/mol. The van der Waals surface area contributed by atoms with Gasteiger partial charge in [-0.3, -0.25) is 4.90 Å². The smallest absolute Gasteiger partial charge is 0.126 e. The second-order valence-electron chi connectivity index (χ2n) is 5.11. The highest BCUT2D eigenvalue weighted by molar-refractivity contribution is 7.07. The maximum absolute atomic E-state index is 4.70. The fraction of sp³-hybridized carbons (Fsp3) is 0.500.